The molecule has 0 aliphatic carbocycles. The fraction of sp³-hybridized carbons (Fsp3) is 0.600. The quantitative estimate of drug-likeness (QED) is 0.435. The van der Waals surface area contributed by atoms with Crippen molar-refractivity contribution in [3.05, 3.63) is 28.3 Å². The third kappa shape index (κ3) is 4.07. The average Bonchev–Trinajstić information content (AvgIpc) is 2.46. The molecule has 3 N–H and O–H groups in total. The third-order valence-corrected chi connectivity index (χ3v) is 3.61. The van der Waals surface area contributed by atoms with Gasteiger partial charge in [0.25, 0.3) is 0 Å². The molecule has 0 amide bonds. The molecule has 0 aliphatic heterocycles. The molecule has 6 heteroatoms. The zero-order valence-electron chi connectivity index (χ0n) is 13.3. The first-order chi connectivity index (χ1) is 9.96. The fourth-order valence-corrected chi connectivity index (χ4v) is 2.64. The van der Waals surface area contributed by atoms with Gasteiger partial charge in [0.2, 0.25) is 0 Å². The predicted octanol–water partition coefficient (Wildman–Crippen LogP) is 3.53. The standard InChI is InChI=1S/C15H26N4O2/c1-5-12(6-2)18(10-11(3)4)14-9-7-8-13(17-16)15(14)19(20)21/h7-9,11-12,17H,5-6,10,16H2,1-4H3. The Bertz CT molecular complexity index is 473. The van der Waals surface area contributed by atoms with Crippen LogP contribution in [0, 0.1) is 16.0 Å². The highest BCUT2D eigenvalue weighted by Crippen LogP contribution is 2.37. The van der Waals surface area contributed by atoms with Crippen LogP contribution in [0.2, 0.25) is 0 Å². The van der Waals surface area contributed by atoms with Gasteiger partial charge in [-0.25, -0.2) is 0 Å². The number of nitro groups is 1. The van der Waals surface area contributed by atoms with Gasteiger partial charge >= 0.3 is 5.69 Å². The molecule has 0 unspecified atom stereocenters. The molecule has 0 aromatic heterocycles. The number of hydrazine groups is 1. The summed E-state index contributed by atoms with van der Waals surface area (Å²) in [5, 5.41) is 11.5. The third-order valence-electron chi connectivity index (χ3n) is 3.61. The minimum absolute atomic E-state index is 0.0487. The van der Waals surface area contributed by atoms with Crippen LogP contribution >= 0.6 is 0 Å². The second-order valence-electron chi connectivity index (χ2n) is 5.59. The van der Waals surface area contributed by atoms with Crippen molar-refractivity contribution in [3.8, 4) is 0 Å². The van der Waals surface area contributed by atoms with Crippen LogP contribution < -0.4 is 16.2 Å². The molecule has 21 heavy (non-hydrogen) atoms. The van der Waals surface area contributed by atoms with E-state index in [0.29, 0.717) is 17.3 Å². The van der Waals surface area contributed by atoms with Crippen molar-refractivity contribution >= 4 is 17.1 Å². The number of hydrogen-bond donors (Lipinski definition) is 2. The van der Waals surface area contributed by atoms with E-state index in [-0.39, 0.29) is 16.7 Å². The van der Waals surface area contributed by atoms with Crippen LogP contribution in [0.15, 0.2) is 18.2 Å². The number of nitrogens with one attached hydrogen (secondary N) is 1. The second kappa shape index (κ2) is 7.83. The molecule has 0 aliphatic rings. The lowest BCUT2D eigenvalue weighted by Gasteiger charge is -2.34. The minimum atomic E-state index is -0.361. The largest absolute Gasteiger partial charge is 0.363 e. The summed E-state index contributed by atoms with van der Waals surface area (Å²) in [5.74, 6) is 5.84. The summed E-state index contributed by atoms with van der Waals surface area (Å²) in [5.41, 5.74) is 3.46. The first-order valence-electron chi connectivity index (χ1n) is 7.46. The Hall–Kier alpha value is -1.82. The highest BCUT2D eigenvalue weighted by Gasteiger charge is 2.27. The van der Waals surface area contributed by atoms with E-state index < -0.39 is 0 Å². The Balaban J connectivity index is 3.38. The SMILES string of the molecule is CCC(CC)N(CC(C)C)c1cccc(NN)c1[N+](=O)[O-]. The van der Waals surface area contributed by atoms with Crippen molar-refractivity contribution in [1.82, 2.24) is 0 Å². The molecule has 0 atom stereocenters. The maximum atomic E-state index is 11.5. The van der Waals surface area contributed by atoms with Gasteiger partial charge in [0.1, 0.15) is 11.4 Å². The fourth-order valence-electron chi connectivity index (χ4n) is 2.64. The molecule has 0 heterocycles. The summed E-state index contributed by atoms with van der Waals surface area (Å²) in [7, 11) is 0. The lowest BCUT2D eigenvalue weighted by atomic mass is 10.0. The summed E-state index contributed by atoms with van der Waals surface area (Å²) in [6, 6.07) is 5.51. The van der Waals surface area contributed by atoms with Gasteiger partial charge in [0.05, 0.1) is 4.92 Å². The number of nitrogens with two attached hydrogens (primary N) is 1. The molecule has 0 bridgehead atoms. The molecule has 6 nitrogen and oxygen atoms in total. The zero-order valence-corrected chi connectivity index (χ0v) is 13.3. The van der Waals surface area contributed by atoms with Gasteiger partial charge in [0, 0.05) is 12.6 Å². The van der Waals surface area contributed by atoms with Gasteiger partial charge in [-0.05, 0) is 30.9 Å². The van der Waals surface area contributed by atoms with Crippen LogP contribution in [0.5, 0.6) is 0 Å². The molecule has 118 valence electrons. The highest BCUT2D eigenvalue weighted by atomic mass is 16.6. The van der Waals surface area contributed by atoms with Gasteiger partial charge in [0.15, 0.2) is 0 Å². The highest BCUT2D eigenvalue weighted by molar-refractivity contribution is 5.77. The summed E-state index contributed by atoms with van der Waals surface area (Å²) in [6.45, 7) is 9.23. The Morgan fingerprint density at radius 3 is 2.38 bits per heavy atom. The van der Waals surface area contributed by atoms with Crippen LogP contribution in [0.3, 0.4) is 0 Å². The van der Waals surface area contributed by atoms with Crippen molar-refractivity contribution in [2.75, 3.05) is 16.9 Å². The van der Waals surface area contributed by atoms with Gasteiger partial charge < -0.3 is 10.3 Å². The van der Waals surface area contributed by atoms with E-state index in [1.54, 1.807) is 18.2 Å². The summed E-state index contributed by atoms with van der Waals surface area (Å²) >= 11 is 0. The molecule has 0 spiro atoms. The van der Waals surface area contributed by atoms with E-state index in [9.17, 15) is 10.1 Å². The van der Waals surface area contributed by atoms with E-state index in [1.807, 2.05) is 0 Å². The van der Waals surface area contributed by atoms with Crippen LogP contribution in [-0.4, -0.2) is 17.5 Å². The van der Waals surface area contributed by atoms with Crippen molar-refractivity contribution < 1.29 is 4.92 Å². The molecule has 1 aromatic rings. The zero-order chi connectivity index (χ0) is 16.0. The molecule has 0 saturated carbocycles. The van der Waals surface area contributed by atoms with E-state index in [4.69, 9.17) is 5.84 Å². The van der Waals surface area contributed by atoms with E-state index in [0.717, 1.165) is 19.4 Å². The lowest BCUT2D eigenvalue weighted by molar-refractivity contribution is -0.383. The van der Waals surface area contributed by atoms with Gasteiger partial charge in [-0.2, -0.15) is 0 Å². The van der Waals surface area contributed by atoms with E-state index >= 15 is 0 Å². The van der Waals surface area contributed by atoms with Crippen LogP contribution in [0.4, 0.5) is 17.1 Å². The van der Waals surface area contributed by atoms with Crippen LogP contribution in [0.25, 0.3) is 0 Å². The van der Waals surface area contributed by atoms with Crippen molar-refractivity contribution in [2.45, 2.75) is 46.6 Å². The maximum absolute atomic E-state index is 11.5. The Labute approximate surface area is 126 Å². The van der Waals surface area contributed by atoms with E-state index in [2.05, 4.69) is 38.0 Å². The monoisotopic (exact) mass is 294 g/mol. The maximum Gasteiger partial charge on any atom is 0.316 e. The van der Waals surface area contributed by atoms with Crippen LogP contribution in [-0.2, 0) is 0 Å². The van der Waals surface area contributed by atoms with Gasteiger partial charge in [-0.15, -0.1) is 0 Å². The number of hydrogen-bond acceptors (Lipinski definition) is 5. The predicted molar refractivity (Wildman–Crippen MR) is 87.5 cm³/mol. The Morgan fingerprint density at radius 2 is 1.95 bits per heavy atom. The number of nitrogen functional groups attached to an aromatic ring is 1. The number of benzene rings is 1. The Kier molecular flexibility index (Phi) is 6.42. The molecule has 0 radical (unpaired) electrons. The molecule has 0 fully saturated rings. The number of rotatable bonds is 8. The number of nitrogens with zero attached hydrogens (tertiary/aromatic N) is 2. The summed E-state index contributed by atoms with van der Waals surface area (Å²) < 4.78 is 0. The summed E-state index contributed by atoms with van der Waals surface area (Å²) in [4.78, 5) is 13.3. The molecular weight excluding hydrogens is 268 g/mol. The summed E-state index contributed by atoms with van der Waals surface area (Å²) in [6.07, 6.45) is 1.89. The normalized spacial score (nSPS) is 11.0. The number of para-hydroxylation sites is 1. The smallest absolute Gasteiger partial charge is 0.316 e. The second-order valence-corrected chi connectivity index (χ2v) is 5.59. The minimum Gasteiger partial charge on any atom is -0.363 e. The first kappa shape index (κ1) is 17.2. The topological polar surface area (TPSA) is 84.4 Å². The molecule has 0 saturated heterocycles. The molecule has 1 aromatic carbocycles. The van der Waals surface area contributed by atoms with Crippen molar-refractivity contribution in [2.24, 2.45) is 11.8 Å². The number of anilines is 2. The lowest BCUT2D eigenvalue weighted by Crippen LogP contribution is -2.37. The van der Waals surface area contributed by atoms with Crippen molar-refractivity contribution in [1.29, 1.82) is 0 Å². The van der Waals surface area contributed by atoms with Crippen LogP contribution in [0.1, 0.15) is 40.5 Å². The Morgan fingerprint density at radius 1 is 1.33 bits per heavy atom. The number of nitro benzene ring substituents is 1. The van der Waals surface area contributed by atoms with E-state index in [1.165, 1.54) is 0 Å². The average molecular weight is 294 g/mol. The molecular formula is C15H26N4O2. The van der Waals surface area contributed by atoms with Gasteiger partial charge in [-0.1, -0.05) is 33.8 Å². The molecule has 1 rings (SSSR count). The first-order valence-corrected chi connectivity index (χ1v) is 7.46. The van der Waals surface area contributed by atoms with Crippen molar-refractivity contribution in [3.63, 3.8) is 0 Å². The van der Waals surface area contributed by atoms with Gasteiger partial charge in [-0.3, -0.25) is 16.0 Å².